The molecular formula is C15H22N2O3. The van der Waals surface area contributed by atoms with Gasteiger partial charge in [0.1, 0.15) is 6.04 Å². The molecule has 0 aliphatic carbocycles. The number of aryl methyl sites for hydroxylation is 1. The van der Waals surface area contributed by atoms with Gasteiger partial charge in [0.05, 0.1) is 0 Å². The van der Waals surface area contributed by atoms with Crippen molar-refractivity contribution < 1.29 is 14.7 Å². The van der Waals surface area contributed by atoms with E-state index in [9.17, 15) is 9.59 Å². The van der Waals surface area contributed by atoms with Gasteiger partial charge in [-0.25, -0.2) is 9.59 Å². The molecule has 2 atom stereocenters. The molecule has 5 nitrogen and oxygen atoms in total. The SMILES string of the molecule is CC[C@@H](C)[C@@H](NC(=O)Nc1cccc(C)c1C)C(=O)O. The number of carboxylic acid groups (broad SMARTS) is 1. The molecule has 110 valence electrons. The number of amides is 2. The summed E-state index contributed by atoms with van der Waals surface area (Å²) in [5.41, 5.74) is 2.73. The minimum Gasteiger partial charge on any atom is -0.480 e. The number of rotatable bonds is 5. The minimum atomic E-state index is -1.02. The van der Waals surface area contributed by atoms with Crippen LogP contribution in [0.2, 0.25) is 0 Å². The number of benzene rings is 1. The highest BCUT2D eigenvalue weighted by molar-refractivity contribution is 5.93. The van der Waals surface area contributed by atoms with Crippen LogP contribution in [0.15, 0.2) is 18.2 Å². The Kier molecular flexibility index (Phi) is 5.55. The summed E-state index contributed by atoms with van der Waals surface area (Å²) in [4.78, 5) is 23.1. The lowest BCUT2D eigenvalue weighted by Gasteiger charge is -2.20. The fraction of sp³-hybridized carbons (Fsp3) is 0.467. The van der Waals surface area contributed by atoms with E-state index in [0.29, 0.717) is 12.1 Å². The predicted molar refractivity (Wildman–Crippen MR) is 78.9 cm³/mol. The maximum Gasteiger partial charge on any atom is 0.326 e. The Labute approximate surface area is 119 Å². The fourth-order valence-corrected chi connectivity index (χ4v) is 1.87. The third kappa shape index (κ3) is 3.98. The van der Waals surface area contributed by atoms with Crippen LogP contribution in [0.25, 0.3) is 0 Å². The second-order valence-corrected chi connectivity index (χ2v) is 5.05. The molecule has 20 heavy (non-hydrogen) atoms. The van der Waals surface area contributed by atoms with E-state index in [-0.39, 0.29) is 5.92 Å². The van der Waals surface area contributed by atoms with Crippen molar-refractivity contribution in [3.05, 3.63) is 29.3 Å². The second-order valence-electron chi connectivity index (χ2n) is 5.05. The number of anilines is 1. The average Bonchev–Trinajstić information content (AvgIpc) is 2.40. The van der Waals surface area contributed by atoms with E-state index in [0.717, 1.165) is 11.1 Å². The summed E-state index contributed by atoms with van der Waals surface area (Å²) in [5.74, 6) is -1.15. The number of hydrogen-bond donors (Lipinski definition) is 3. The first-order chi connectivity index (χ1) is 9.36. The van der Waals surface area contributed by atoms with Crippen LogP contribution < -0.4 is 10.6 Å². The third-order valence-corrected chi connectivity index (χ3v) is 3.62. The lowest BCUT2D eigenvalue weighted by molar-refractivity contribution is -0.140. The van der Waals surface area contributed by atoms with Crippen molar-refractivity contribution in [2.45, 2.75) is 40.2 Å². The van der Waals surface area contributed by atoms with Gasteiger partial charge in [0, 0.05) is 5.69 Å². The highest BCUT2D eigenvalue weighted by atomic mass is 16.4. The number of aliphatic carboxylic acids is 1. The van der Waals surface area contributed by atoms with Gasteiger partial charge in [-0.3, -0.25) is 0 Å². The molecule has 3 N–H and O–H groups in total. The smallest absolute Gasteiger partial charge is 0.326 e. The fourth-order valence-electron chi connectivity index (χ4n) is 1.87. The first-order valence-corrected chi connectivity index (χ1v) is 6.73. The Morgan fingerprint density at radius 3 is 2.50 bits per heavy atom. The van der Waals surface area contributed by atoms with Gasteiger partial charge in [-0.1, -0.05) is 32.4 Å². The van der Waals surface area contributed by atoms with Gasteiger partial charge in [-0.05, 0) is 37.0 Å². The van der Waals surface area contributed by atoms with E-state index >= 15 is 0 Å². The first kappa shape index (κ1) is 16.0. The Bertz CT molecular complexity index is 500. The molecule has 2 amide bonds. The summed E-state index contributed by atoms with van der Waals surface area (Å²) in [6, 6.07) is 4.22. The molecule has 5 heteroatoms. The zero-order valence-corrected chi connectivity index (χ0v) is 12.4. The van der Waals surface area contributed by atoms with Crippen molar-refractivity contribution in [2.75, 3.05) is 5.32 Å². The van der Waals surface area contributed by atoms with Crippen molar-refractivity contribution in [1.29, 1.82) is 0 Å². The van der Waals surface area contributed by atoms with Gasteiger partial charge in [0.15, 0.2) is 0 Å². The molecule has 0 saturated heterocycles. The molecule has 1 aromatic rings. The molecule has 0 saturated carbocycles. The van der Waals surface area contributed by atoms with E-state index < -0.39 is 18.0 Å². The topological polar surface area (TPSA) is 78.4 Å². The number of carbonyl (C=O) groups excluding carboxylic acids is 1. The predicted octanol–water partition coefficient (Wildman–Crippen LogP) is 2.92. The largest absolute Gasteiger partial charge is 0.480 e. The highest BCUT2D eigenvalue weighted by Crippen LogP contribution is 2.18. The Balaban J connectivity index is 2.76. The van der Waals surface area contributed by atoms with Gasteiger partial charge in [0.2, 0.25) is 0 Å². The Morgan fingerprint density at radius 1 is 1.30 bits per heavy atom. The van der Waals surface area contributed by atoms with E-state index in [1.807, 2.05) is 32.9 Å². The van der Waals surface area contributed by atoms with Crippen molar-refractivity contribution in [3.8, 4) is 0 Å². The molecule has 0 bridgehead atoms. The van der Waals surface area contributed by atoms with Crippen LogP contribution in [0.5, 0.6) is 0 Å². The van der Waals surface area contributed by atoms with E-state index in [1.165, 1.54) is 0 Å². The molecule has 0 spiro atoms. The zero-order chi connectivity index (χ0) is 15.3. The summed E-state index contributed by atoms with van der Waals surface area (Å²) < 4.78 is 0. The summed E-state index contributed by atoms with van der Waals surface area (Å²) in [6.07, 6.45) is 0.681. The second kappa shape index (κ2) is 6.93. The Hall–Kier alpha value is -2.04. The Morgan fingerprint density at radius 2 is 1.95 bits per heavy atom. The molecular weight excluding hydrogens is 256 g/mol. The van der Waals surface area contributed by atoms with Crippen LogP contribution in [0.4, 0.5) is 10.5 Å². The summed E-state index contributed by atoms with van der Waals surface area (Å²) in [7, 11) is 0. The molecule has 1 aromatic carbocycles. The number of urea groups is 1. The van der Waals surface area contributed by atoms with Gasteiger partial charge >= 0.3 is 12.0 Å². The van der Waals surface area contributed by atoms with Crippen LogP contribution in [-0.2, 0) is 4.79 Å². The van der Waals surface area contributed by atoms with Crippen LogP contribution >= 0.6 is 0 Å². The maximum atomic E-state index is 11.9. The third-order valence-electron chi connectivity index (χ3n) is 3.62. The van der Waals surface area contributed by atoms with Crippen molar-refractivity contribution in [2.24, 2.45) is 5.92 Å². The number of hydrogen-bond acceptors (Lipinski definition) is 2. The summed E-state index contributed by atoms with van der Waals surface area (Å²) >= 11 is 0. The minimum absolute atomic E-state index is 0.128. The van der Waals surface area contributed by atoms with E-state index in [4.69, 9.17) is 5.11 Å². The van der Waals surface area contributed by atoms with E-state index in [1.54, 1.807) is 13.0 Å². The molecule has 0 heterocycles. The molecule has 0 aliphatic heterocycles. The molecule has 0 radical (unpaired) electrons. The quantitative estimate of drug-likeness (QED) is 0.775. The molecule has 0 unspecified atom stereocenters. The zero-order valence-electron chi connectivity index (χ0n) is 12.4. The number of carboxylic acids is 1. The molecule has 0 aliphatic rings. The molecule has 1 rings (SSSR count). The van der Waals surface area contributed by atoms with Crippen molar-refractivity contribution >= 4 is 17.7 Å². The lowest BCUT2D eigenvalue weighted by atomic mass is 9.99. The molecule has 0 aromatic heterocycles. The standard InChI is InChI=1S/C15H22N2O3/c1-5-9(2)13(14(18)19)17-15(20)16-12-8-6-7-10(3)11(12)4/h6-9,13H,5H2,1-4H3,(H,18,19)(H2,16,17,20)/t9-,13-/m1/s1. The number of carbonyl (C=O) groups is 2. The van der Waals surface area contributed by atoms with Gasteiger partial charge in [-0.15, -0.1) is 0 Å². The van der Waals surface area contributed by atoms with Gasteiger partial charge in [0.25, 0.3) is 0 Å². The summed E-state index contributed by atoms with van der Waals surface area (Å²) in [6.45, 7) is 7.56. The van der Waals surface area contributed by atoms with Crippen LogP contribution in [-0.4, -0.2) is 23.1 Å². The maximum absolute atomic E-state index is 11.9. The van der Waals surface area contributed by atoms with Gasteiger partial charge < -0.3 is 15.7 Å². The average molecular weight is 278 g/mol. The van der Waals surface area contributed by atoms with Crippen LogP contribution in [0, 0.1) is 19.8 Å². The normalized spacial score (nSPS) is 13.4. The number of nitrogens with one attached hydrogen (secondary N) is 2. The van der Waals surface area contributed by atoms with Gasteiger partial charge in [-0.2, -0.15) is 0 Å². The van der Waals surface area contributed by atoms with Crippen LogP contribution in [0.3, 0.4) is 0 Å². The first-order valence-electron chi connectivity index (χ1n) is 6.73. The monoisotopic (exact) mass is 278 g/mol. The van der Waals surface area contributed by atoms with Crippen molar-refractivity contribution in [3.63, 3.8) is 0 Å². The summed E-state index contributed by atoms with van der Waals surface area (Å²) in [5, 5.41) is 14.4. The highest BCUT2D eigenvalue weighted by Gasteiger charge is 2.25. The van der Waals surface area contributed by atoms with E-state index in [2.05, 4.69) is 10.6 Å². The lowest BCUT2D eigenvalue weighted by Crippen LogP contribution is -2.46. The van der Waals surface area contributed by atoms with Crippen molar-refractivity contribution in [1.82, 2.24) is 5.32 Å². The van der Waals surface area contributed by atoms with Crippen LogP contribution in [0.1, 0.15) is 31.4 Å². The molecule has 0 fully saturated rings.